The monoisotopic (exact) mass is 512 g/mol. The molecule has 37 heavy (non-hydrogen) atoms. The Morgan fingerprint density at radius 2 is 2.03 bits per heavy atom. The van der Waals surface area contributed by atoms with E-state index in [-0.39, 0.29) is 23.9 Å². The van der Waals surface area contributed by atoms with Gasteiger partial charge in [-0.3, -0.25) is 9.69 Å². The van der Waals surface area contributed by atoms with Crippen LogP contribution in [0.1, 0.15) is 22.8 Å². The lowest BCUT2D eigenvalue weighted by atomic mass is 9.93. The van der Waals surface area contributed by atoms with Crippen LogP contribution in [0.5, 0.6) is 5.75 Å². The van der Waals surface area contributed by atoms with E-state index in [1.165, 1.54) is 7.11 Å². The van der Waals surface area contributed by atoms with Crippen LogP contribution >= 0.6 is 0 Å². The molecule has 1 aromatic carbocycles. The lowest BCUT2D eigenvalue weighted by Gasteiger charge is -2.39. The number of nitrogens with zero attached hydrogens (tertiary/aromatic N) is 6. The number of carbonyl (C=O) groups excluding carboxylic acids is 1. The van der Waals surface area contributed by atoms with Gasteiger partial charge in [-0.25, -0.2) is 4.52 Å². The van der Waals surface area contributed by atoms with Crippen molar-refractivity contribution in [3.05, 3.63) is 47.8 Å². The number of piperazine rings is 1. The number of hydrogen-bond acceptors (Lipinski definition) is 6. The molecular weight excluding hydrogens is 485 g/mol. The highest BCUT2D eigenvalue weighted by molar-refractivity contribution is 6.00. The smallest absolute Gasteiger partial charge is 0.406 e. The molecule has 0 radical (unpaired) electrons. The second kappa shape index (κ2) is 9.59. The number of amides is 1. The Hall–Kier alpha value is -3.78. The van der Waals surface area contributed by atoms with Crippen molar-refractivity contribution < 1.29 is 22.7 Å². The second-order valence-electron chi connectivity index (χ2n) is 9.50. The number of pyridine rings is 1. The van der Waals surface area contributed by atoms with Gasteiger partial charge >= 0.3 is 6.18 Å². The van der Waals surface area contributed by atoms with Crippen molar-refractivity contribution in [1.29, 1.82) is 5.26 Å². The summed E-state index contributed by atoms with van der Waals surface area (Å²) >= 11 is 0. The van der Waals surface area contributed by atoms with Gasteiger partial charge in [-0.1, -0.05) is 0 Å². The van der Waals surface area contributed by atoms with Gasteiger partial charge in [-0.05, 0) is 48.7 Å². The van der Waals surface area contributed by atoms with Gasteiger partial charge in [0.1, 0.15) is 12.3 Å². The van der Waals surface area contributed by atoms with Gasteiger partial charge in [0.2, 0.25) is 0 Å². The Balaban J connectivity index is 1.43. The van der Waals surface area contributed by atoms with Crippen molar-refractivity contribution >= 4 is 17.1 Å². The van der Waals surface area contributed by atoms with Gasteiger partial charge in [-0.2, -0.15) is 23.5 Å². The van der Waals surface area contributed by atoms with Crippen molar-refractivity contribution in [3.63, 3.8) is 0 Å². The summed E-state index contributed by atoms with van der Waals surface area (Å²) < 4.78 is 46.1. The number of nitriles is 1. The number of rotatable bonds is 5. The zero-order valence-electron chi connectivity index (χ0n) is 20.6. The molecule has 0 spiro atoms. The van der Waals surface area contributed by atoms with Crippen LogP contribution in [0.2, 0.25) is 0 Å². The molecule has 0 saturated carbocycles. The normalized spacial score (nSPS) is 18.7. The molecular formula is C26H27F3N6O2. The average Bonchev–Trinajstić information content (AvgIpc) is 3.29. The number of anilines is 1. The molecule has 1 unspecified atom stereocenters. The van der Waals surface area contributed by atoms with E-state index in [2.05, 4.69) is 27.9 Å². The van der Waals surface area contributed by atoms with Crippen molar-refractivity contribution in [2.45, 2.75) is 25.6 Å². The molecule has 1 amide bonds. The zero-order valence-corrected chi connectivity index (χ0v) is 20.6. The highest BCUT2D eigenvalue weighted by Crippen LogP contribution is 2.36. The molecule has 3 aromatic rings. The van der Waals surface area contributed by atoms with Crippen LogP contribution < -0.4 is 9.64 Å². The Kier molecular flexibility index (Phi) is 6.45. The van der Waals surface area contributed by atoms with Crippen LogP contribution in [0.3, 0.4) is 0 Å². The third-order valence-corrected chi connectivity index (χ3v) is 7.14. The second-order valence-corrected chi connectivity index (χ2v) is 9.50. The van der Waals surface area contributed by atoms with Gasteiger partial charge < -0.3 is 14.5 Å². The van der Waals surface area contributed by atoms with E-state index in [1.807, 2.05) is 24.4 Å². The highest BCUT2D eigenvalue weighted by Gasteiger charge is 2.37. The summed E-state index contributed by atoms with van der Waals surface area (Å²) in [6.45, 7) is 3.69. The summed E-state index contributed by atoms with van der Waals surface area (Å²) in [6, 6.07) is 10.1. The first-order chi connectivity index (χ1) is 17.7. The molecule has 0 bridgehead atoms. The fourth-order valence-electron chi connectivity index (χ4n) is 5.25. The third kappa shape index (κ3) is 4.81. The van der Waals surface area contributed by atoms with E-state index < -0.39 is 18.6 Å². The number of alkyl halides is 3. The van der Waals surface area contributed by atoms with E-state index in [4.69, 9.17) is 10.00 Å². The molecule has 0 N–H and O–H groups in total. The van der Waals surface area contributed by atoms with E-state index in [9.17, 15) is 18.0 Å². The molecule has 2 aliphatic rings. The lowest BCUT2D eigenvalue weighted by Crippen LogP contribution is -2.52. The predicted molar refractivity (Wildman–Crippen MR) is 132 cm³/mol. The van der Waals surface area contributed by atoms with Crippen LogP contribution in [-0.2, 0) is 6.42 Å². The van der Waals surface area contributed by atoms with Crippen LogP contribution in [-0.4, -0.2) is 83.9 Å². The quantitative estimate of drug-likeness (QED) is 0.487. The predicted octanol–water partition coefficient (Wildman–Crippen LogP) is 3.60. The number of ether oxygens (including phenoxy) is 1. The molecule has 1 fully saturated rings. The molecule has 1 atom stereocenters. The number of benzene rings is 1. The van der Waals surface area contributed by atoms with Gasteiger partial charge in [0.25, 0.3) is 5.91 Å². The number of carbonyl (C=O) groups is 1. The Morgan fingerprint density at radius 3 is 2.73 bits per heavy atom. The molecule has 1 saturated heterocycles. The van der Waals surface area contributed by atoms with Gasteiger partial charge in [0.05, 0.1) is 48.9 Å². The van der Waals surface area contributed by atoms with Gasteiger partial charge in [0.15, 0.2) is 0 Å². The van der Waals surface area contributed by atoms with Gasteiger partial charge in [0, 0.05) is 37.8 Å². The summed E-state index contributed by atoms with van der Waals surface area (Å²) in [5, 5.41) is 13.6. The zero-order chi connectivity index (χ0) is 26.3. The topological polar surface area (TPSA) is 77.1 Å². The maximum atomic E-state index is 12.9. The number of methoxy groups -OCH3 is 1. The van der Waals surface area contributed by atoms with Crippen LogP contribution in [0.15, 0.2) is 36.7 Å². The number of halogens is 3. The van der Waals surface area contributed by atoms with Crippen molar-refractivity contribution in [3.8, 4) is 22.9 Å². The first-order valence-corrected chi connectivity index (χ1v) is 12.1. The fraction of sp³-hybridized carbons (Fsp3) is 0.423. The minimum Gasteiger partial charge on any atom is -0.496 e. The summed E-state index contributed by atoms with van der Waals surface area (Å²) in [5.74, 6) is -0.417. The number of aromatic nitrogens is 2. The molecule has 0 aliphatic carbocycles. The minimum absolute atomic E-state index is 0.00385. The first-order valence-electron chi connectivity index (χ1n) is 12.1. The molecule has 2 aromatic heterocycles. The largest absolute Gasteiger partial charge is 0.496 e. The van der Waals surface area contributed by atoms with Crippen molar-refractivity contribution in [1.82, 2.24) is 19.4 Å². The minimum atomic E-state index is -4.46. The van der Waals surface area contributed by atoms with Crippen molar-refractivity contribution in [2.24, 2.45) is 0 Å². The van der Waals surface area contributed by atoms with Crippen LogP contribution in [0.4, 0.5) is 18.9 Å². The summed E-state index contributed by atoms with van der Waals surface area (Å²) in [5.41, 5.74) is 4.37. The maximum absolute atomic E-state index is 12.9. The molecule has 5 rings (SSSR count). The molecule has 4 heterocycles. The fourth-order valence-corrected chi connectivity index (χ4v) is 5.25. The summed E-state index contributed by atoms with van der Waals surface area (Å²) in [4.78, 5) is 18.1. The van der Waals surface area contributed by atoms with E-state index in [0.717, 1.165) is 46.9 Å². The first kappa shape index (κ1) is 24.9. The van der Waals surface area contributed by atoms with Crippen LogP contribution in [0, 0.1) is 11.3 Å². The third-order valence-electron chi connectivity index (χ3n) is 7.14. The number of fused-ring (bicyclic) bond motifs is 2. The average molecular weight is 513 g/mol. The summed E-state index contributed by atoms with van der Waals surface area (Å²) in [7, 11) is 1.41. The number of hydrogen-bond donors (Lipinski definition) is 0. The highest BCUT2D eigenvalue weighted by atomic mass is 19.4. The Morgan fingerprint density at radius 1 is 1.22 bits per heavy atom. The van der Waals surface area contributed by atoms with E-state index >= 15 is 0 Å². The Labute approximate surface area is 212 Å². The molecule has 2 aliphatic heterocycles. The molecule has 11 heteroatoms. The lowest BCUT2D eigenvalue weighted by molar-refractivity contribution is -0.141. The van der Waals surface area contributed by atoms with E-state index in [1.54, 1.807) is 16.8 Å². The standard InChI is InChI=1S/C26H27F3N6O2/c1-17-14-33(10-9-32(17)8-6-30)20-3-4-22-21(13-31-35(22)15-20)19-11-18-5-7-34(16-26(27,28)29)25(36)24(18)23(12-19)37-2/h3-4,11-13,15,17H,5,7-10,14,16H2,1-2H3. The van der Waals surface area contributed by atoms with E-state index in [0.29, 0.717) is 18.5 Å². The Bertz CT molecular complexity index is 1360. The molecule has 8 nitrogen and oxygen atoms in total. The summed E-state index contributed by atoms with van der Waals surface area (Å²) in [6.07, 6.45) is -0.437. The SMILES string of the molecule is COc1cc(-c2cnn3cc(N4CCN(CC#N)C(C)C4)ccc23)cc2c1C(=O)N(CC(F)(F)F)CC2. The maximum Gasteiger partial charge on any atom is 0.406 e. The van der Waals surface area contributed by atoms with Crippen molar-refractivity contribution in [2.75, 3.05) is 51.3 Å². The van der Waals surface area contributed by atoms with Crippen LogP contribution in [0.25, 0.3) is 16.6 Å². The van der Waals surface area contributed by atoms with Gasteiger partial charge in [-0.15, -0.1) is 0 Å². The molecule has 194 valence electrons.